The van der Waals surface area contributed by atoms with Gasteiger partial charge in [-0.2, -0.15) is 0 Å². The molecule has 1 aliphatic rings. The van der Waals surface area contributed by atoms with Gasteiger partial charge in [-0.25, -0.2) is 9.97 Å². The number of nitrogens with one attached hydrogen (secondary N) is 1. The Morgan fingerprint density at radius 1 is 1.14 bits per heavy atom. The first-order valence-electron chi connectivity index (χ1n) is 9.19. The van der Waals surface area contributed by atoms with Crippen LogP contribution in [0.2, 0.25) is 5.15 Å². The van der Waals surface area contributed by atoms with E-state index in [0.29, 0.717) is 33.3 Å². The molecular formula is C20H20ClN5O2. The largest absolute Gasteiger partial charge is 0.488 e. The topological polar surface area (TPSA) is 103 Å². The number of carbonyl (C=O) groups is 1. The summed E-state index contributed by atoms with van der Waals surface area (Å²) in [6, 6.07) is 8.67. The Hall–Kier alpha value is -2.93. The quantitative estimate of drug-likeness (QED) is 0.516. The number of anilines is 1. The molecule has 28 heavy (non-hydrogen) atoms. The summed E-state index contributed by atoms with van der Waals surface area (Å²) in [5.74, 6) is 0.447. The maximum Gasteiger partial charge on any atom is 0.270 e. The molecule has 0 spiro atoms. The summed E-state index contributed by atoms with van der Waals surface area (Å²) in [5, 5.41) is 3.34. The number of nitrogens with zero attached hydrogens (tertiary/aromatic N) is 3. The van der Waals surface area contributed by atoms with Gasteiger partial charge >= 0.3 is 0 Å². The van der Waals surface area contributed by atoms with Crippen LogP contribution in [0.5, 0.6) is 5.75 Å². The van der Waals surface area contributed by atoms with Crippen LogP contribution >= 0.6 is 11.6 Å². The van der Waals surface area contributed by atoms with Crippen molar-refractivity contribution in [2.24, 2.45) is 0 Å². The second-order valence-corrected chi connectivity index (χ2v) is 7.24. The Kier molecular flexibility index (Phi) is 5.25. The van der Waals surface area contributed by atoms with Crippen LogP contribution in [0.3, 0.4) is 0 Å². The van der Waals surface area contributed by atoms with Crippen LogP contribution in [-0.2, 0) is 0 Å². The molecule has 0 atom stereocenters. The molecule has 3 N–H and O–H groups in total. The minimum absolute atomic E-state index is 0.0458. The lowest BCUT2D eigenvalue weighted by Crippen LogP contribution is -2.40. The molecule has 1 aliphatic carbocycles. The van der Waals surface area contributed by atoms with Crippen molar-refractivity contribution in [1.29, 1.82) is 0 Å². The number of carbonyl (C=O) groups excluding carboxylic acids is 1. The summed E-state index contributed by atoms with van der Waals surface area (Å²) >= 11 is 5.85. The normalized spacial score (nSPS) is 19.3. The van der Waals surface area contributed by atoms with Crippen LogP contribution < -0.4 is 15.8 Å². The summed E-state index contributed by atoms with van der Waals surface area (Å²) < 4.78 is 6.18. The van der Waals surface area contributed by atoms with E-state index in [4.69, 9.17) is 22.1 Å². The SMILES string of the molecule is Nc1cc(OC2CCC(NC(=O)c3cccc(Cl)n3)CC2)c2nccnc2c1. The standard InChI is InChI=1S/C20H20ClN5O2/c21-18-3-1-2-15(26-18)20(27)25-13-4-6-14(7-5-13)28-17-11-12(22)10-16-19(17)24-9-8-23-16/h1-3,8-11,13-14H,4-7,22H2,(H,25,27). The molecule has 0 unspecified atom stereocenters. The highest BCUT2D eigenvalue weighted by Crippen LogP contribution is 2.30. The van der Waals surface area contributed by atoms with Crippen molar-refractivity contribution in [3.05, 3.63) is 53.6 Å². The number of amides is 1. The molecule has 1 amide bonds. The van der Waals surface area contributed by atoms with E-state index < -0.39 is 0 Å². The molecular weight excluding hydrogens is 378 g/mol. The summed E-state index contributed by atoms with van der Waals surface area (Å²) in [6.07, 6.45) is 6.61. The fourth-order valence-electron chi connectivity index (χ4n) is 3.45. The van der Waals surface area contributed by atoms with Gasteiger partial charge in [-0.15, -0.1) is 0 Å². The highest BCUT2D eigenvalue weighted by atomic mass is 35.5. The fraction of sp³-hybridized carbons (Fsp3) is 0.300. The molecule has 4 rings (SSSR count). The number of benzene rings is 1. The predicted molar refractivity (Wildman–Crippen MR) is 107 cm³/mol. The first-order valence-corrected chi connectivity index (χ1v) is 9.56. The monoisotopic (exact) mass is 397 g/mol. The van der Waals surface area contributed by atoms with Gasteiger partial charge in [0.05, 0.1) is 11.6 Å². The summed E-state index contributed by atoms with van der Waals surface area (Å²) in [4.78, 5) is 25.0. The Bertz CT molecular complexity index is 1000. The molecule has 2 aromatic heterocycles. The maximum atomic E-state index is 12.3. The number of rotatable bonds is 4. The highest BCUT2D eigenvalue weighted by molar-refractivity contribution is 6.29. The van der Waals surface area contributed by atoms with Crippen LogP contribution in [0.4, 0.5) is 5.69 Å². The van der Waals surface area contributed by atoms with Crippen molar-refractivity contribution in [2.75, 3.05) is 5.73 Å². The average Bonchev–Trinajstić information content (AvgIpc) is 2.69. The third-order valence-electron chi connectivity index (χ3n) is 4.81. The minimum atomic E-state index is -0.205. The maximum absolute atomic E-state index is 12.3. The first-order chi connectivity index (χ1) is 13.6. The van der Waals surface area contributed by atoms with Crippen molar-refractivity contribution in [3.8, 4) is 5.75 Å². The Morgan fingerprint density at radius 3 is 2.71 bits per heavy atom. The second-order valence-electron chi connectivity index (χ2n) is 6.85. The van der Waals surface area contributed by atoms with Gasteiger partial charge in [0.15, 0.2) is 0 Å². The van der Waals surface area contributed by atoms with E-state index >= 15 is 0 Å². The second kappa shape index (κ2) is 7.98. The highest BCUT2D eigenvalue weighted by Gasteiger charge is 2.25. The first kappa shape index (κ1) is 18.4. The van der Waals surface area contributed by atoms with Gasteiger partial charge < -0.3 is 15.8 Å². The predicted octanol–water partition coefficient (Wildman–Crippen LogP) is 3.38. The molecule has 0 aliphatic heterocycles. The Labute approximate surface area is 167 Å². The van der Waals surface area contributed by atoms with Crippen LogP contribution in [0.15, 0.2) is 42.7 Å². The van der Waals surface area contributed by atoms with E-state index in [1.165, 1.54) is 0 Å². The number of pyridine rings is 1. The third-order valence-corrected chi connectivity index (χ3v) is 5.02. The van der Waals surface area contributed by atoms with Crippen LogP contribution in [0.25, 0.3) is 11.0 Å². The van der Waals surface area contributed by atoms with Gasteiger partial charge in [-0.3, -0.25) is 9.78 Å². The molecule has 1 saturated carbocycles. The molecule has 0 bridgehead atoms. The van der Waals surface area contributed by atoms with Gasteiger partial charge in [-0.05, 0) is 43.9 Å². The molecule has 1 aromatic carbocycles. The van der Waals surface area contributed by atoms with Crippen molar-refractivity contribution in [3.63, 3.8) is 0 Å². The van der Waals surface area contributed by atoms with Gasteiger partial charge in [0.25, 0.3) is 5.91 Å². The van der Waals surface area contributed by atoms with Gasteiger partial charge in [0, 0.05) is 30.2 Å². The molecule has 144 valence electrons. The number of halogens is 1. The van der Waals surface area contributed by atoms with E-state index in [1.54, 1.807) is 42.7 Å². The zero-order valence-electron chi connectivity index (χ0n) is 15.1. The van der Waals surface area contributed by atoms with Crippen molar-refractivity contribution in [1.82, 2.24) is 20.3 Å². The molecule has 0 saturated heterocycles. The lowest BCUT2D eigenvalue weighted by Gasteiger charge is -2.29. The summed E-state index contributed by atoms with van der Waals surface area (Å²) in [5.41, 5.74) is 8.31. The van der Waals surface area contributed by atoms with Crippen molar-refractivity contribution in [2.45, 2.75) is 37.8 Å². The zero-order chi connectivity index (χ0) is 19.5. The number of nitrogens with two attached hydrogens (primary N) is 1. The number of aromatic nitrogens is 3. The van der Waals surface area contributed by atoms with E-state index in [0.717, 1.165) is 25.7 Å². The van der Waals surface area contributed by atoms with Gasteiger partial charge in [0.1, 0.15) is 22.1 Å². The third kappa shape index (κ3) is 4.14. The smallest absolute Gasteiger partial charge is 0.270 e. The molecule has 8 heteroatoms. The van der Waals surface area contributed by atoms with Crippen molar-refractivity contribution < 1.29 is 9.53 Å². The molecule has 3 aromatic rings. The Balaban J connectivity index is 1.37. The number of hydrogen-bond acceptors (Lipinski definition) is 6. The molecule has 7 nitrogen and oxygen atoms in total. The molecule has 2 heterocycles. The zero-order valence-corrected chi connectivity index (χ0v) is 15.9. The van der Waals surface area contributed by atoms with Crippen LogP contribution in [-0.4, -0.2) is 33.0 Å². The average molecular weight is 398 g/mol. The summed E-state index contributed by atoms with van der Waals surface area (Å²) in [7, 11) is 0. The van der Waals surface area contributed by atoms with Gasteiger partial charge in [0.2, 0.25) is 0 Å². The molecule has 0 radical (unpaired) electrons. The number of fused-ring (bicyclic) bond motifs is 1. The summed E-state index contributed by atoms with van der Waals surface area (Å²) in [6.45, 7) is 0. The Morgan fingerprint density at radius 2 is 1.93 bits per heavy atom. The van der Waals surface area contributed by atoms with E-state index in [2.05, 4.69) is 20.3 Å². The minimum Gasteiger partial charge on any atom is -0.488 e. The fourth-order valence-corrected chi connectivity index (χ4v) is 3.62. The molecule has 1 fully saturated rings. The lowest BCUT2D eigenvalue weighted by molar-refractivity contribution is 0.0890. The van der Waals surface area contributed by atoms with E-state index in [9.17, 15) is 4.79 Å². The van der Waals surface area contributed by atoms with Crippen molar-refractivity contribution >= 4 is 34.2 Å². The number of nitrogen functional groups attached to an aromatic ring is 1. The lowest BCUT2D eigenvalue weighted by atomic mass is 9.92. The van der Waals surface area contributed by atoms with E-state index in [-0.39, 0.29) is 18.1 Å². The van der Waals surface area contributed by atoms with Crippen LogP contribution in [0, 0.1) is 0 Å². The number of ether oxygens (including phenoxy) is 1. The number of hydrogen-bond donors (Lipinski definition) is 2. The van der Waals surface area contributed by atoms with Crippen LogP contribution in [0.1, 0.15) is 36.2 Å². The van der Waals surface area contributed by atoms with Gasteiger partial charge in [-0.1, -0.05) is 17.7 Å². The van der Waals surface area contributed by atoms with E-state index in [1.807, 2.05) is 0 Å².